The molecule has 0 aliphatic heterocycles. The number of carbonyl (C=O) groups is 1. The first-order chi connectivity index (χ1) is 19.8. The van der Waals surface area contributed by atoms with E-state index in [1.165, 1.54) is 32.4 Å². The molecule has 214 valence electrons. The molecular formula is C32H34N2O6S. The summed E-state index contributed by atoms with van der Waals surface area (Å²) in [5.74, 6) is 0.907. The average molecular weight is 575 g/mol. The van der Waals surface area contributed by atoms with Crippen LogP contribution >= 0.6 is 0 Å². The second kappa shape index (κ2) is 13.7. The zero-order valence-corrected chi connectivity index (χ0v) is 24.2. The van der Waals surface area contributed by atoms with Gasteiger partial charge in [0.05, 0.1) is 31.4 Å². The molecule has 0 spiro atoms. The smallest absolute Gasteiger partial charge is 0.264 e. The van der Waals surface area contributed by atoms with Crippen molar-refractivity contribution in [1.29, 1.82) is 0 Å². The van der Waals surface area contributed by atoms with Crippen LogP contribution < -0.4 is 18.5 Å². The van der Waals surface area contributed by atoms with Crippen molar-refractivity contribution < 1.29 is 27.4 Å². The Bertz CT molecular complexity index is 1490. The van der Waals surface area contributed by atoms with E-state index < -0.39 is 16.6 Å². The molecule has 0 saturated heterocycles. The number of nitrogens with zero attached hydrogens (tertiary/aromatic N) is 2. The molecule has 0 radical (unpaired) electrons. The maximum absolute atomic E-state index is 14.1. The van der Waals surface area contributed by atoms with Crippen molar-refractivity contribution in [2.75, 3.05) is 31.7 Å². The SMILES string of the molecule is CCOc1ccc(N(CC(=O)N(Cc2ccccc2)Cc2ccccc2)S(=O)(=O)c2ccc(OC)c(OC)c2)cc1. The Balaban J connectivity index is 1.73. The summed E-state index contributed by atoms with van der Waals surface area (Å²) in [5.41, 5.74) is 2.20. The molecule has 0 heterocycles. The molecule has 4 rings (SSSR count). The predicted octanol–water partition coefficient (Wildman–Crippen LogP) is 5.53. The lowest BCUT2D eigenvalue weighted by Crippen LogP contribution is -2.42. The molecule has 8 nitrogen and oxygen atoms in total. The van der Waals surface area contributed by atoms with Gasteiger partial charge in [0, 0.05) is 19.2 Å². The summed E-state index contributed by atoms with van der Waals surface area (Å²) >= 11 is 0. The van der Waals surface area contributed by atoms with E-state index >= 15 is 0 Å². The Hall–Kier alpha value is -4.50. The first-order valence-electron chi connectivity index (χ1n) is 13.2. The van der Waals surface area contributed by atoms with Gasteiger partial charge in [0.1, 0.15) is 12.3 Å². The quantitative estimate of drug-likeness (QED) is 0.209. The molecule has 0 bridgehead atoms. The third kappa shape index (κ3) is 7.37. The van der Waals surface area contributed by atoms with E-state index in [1.54, 1.807) is 29.2 Å². The van der Waals surface area contributed by atoms with Crippen LogP contribution in [0.4, 0.5) is 5.69 Å². The molecule has 9 heteroatoms. The highest BCUT2D eigenvalue weighted by atomic mass is 32.2. The highest BCUT2D eigenvalue weighted by molar-refractivity contribution is 7.92. The van der Waals surface area contributed by atoms with E-state index in [-0.39, 0.29) is 16.6 Å². The topological polar surface area (TPSA) is 85.4 Å². The van der Waals surface area contributed by atoms with Crippen LogP contribution in [0.1, 0.15) is 18.1 Å². The third-order valence-electron chi connectivity index (χ3n) is 6.44. The molecule has 0 aliphatic rings. The molecule has 0 N–H and O–H groups in total. The first kappa shape index (κ1) is 29.5. The van der Waals surface area contributed by atoms with Gasteiger partial charge in [0.25, 0.3) is 10.0 Å². The van der Waals surface area contributed by atoms with Crippen LogP contribution in [0.3, 0.4) is 0 Å². The number of hydrogen-bond acceptors (Lipinski definition) is 6. The van der Waals surface area contributed by atoms with Crippen molar-refractivity contribution in [3.63, 3.8) is 0 Å². The molecule has 41 heavy (non-hydrogen) atoms. The summed E-state index contributed by atoms with van der Waals surface area (Å²) < 4.78 is 45.5. The number of anilines is 1. The fourth-order valence-corrected chi connectivity index (χ4v) is 5.79. The second-order valence-electron chi connectivity index (χ2n) is 9.18. The summed E-state index contributed by atoms with van der Waals surface area (Å²) in [7, 11) is -1.29. The molecule has 0 atom stereocenters. The van der Waals surface area contributed by atoms with E-state index in [2.05, 4.69) is 0 Å². The number of sulfonamides is 1. The summed E-state index contributed by atoms with van der Waals surface area (Å²) in [6.45, 7) is 2.57. The van der Waals surface area contributed by atoms with Gasteiger partial charge >= 0.3 is 0 Å². The summed E-state index contributed by atoms with van der Waals surface area (Å²) in [6.07, 6.45) is 0. The van der Waals surface area contributed by atoms with Crippen LogP contribution in [-0.2, 0) is 27.9 Å². The van der Waals surface area contributed by atoms with Crippen molar-refractivity contribution in [3.8, 4) is 17.2 Å². The van der Waals surface area contributed by atoms with E-state index in [4.69, 9.17) is 14.2 Å². The minimum absolute atomic E-state index is 0.0329. The Kier molecular flexibility index (Phi) is 9.86. The number of ether oxygens (including phenoxy) is 3. The summed E-state index contributed by atoms with van der Waals surface area (Å²) in [6, 6.07) is 30.2. The van der Waals surface area contributed by atoms with E-state index in [0.717, 1.165) is 15.4 Å². The lowest BCUT2D eigenvalue weighted by Gasteiger charge is -2.29. The molecular weight excluding hydrogens is 540 g/mol. The molecule has 0 aliphatic carbocycles. The van der Waals surface area contributed by atoms with Crippen molar-refractivity contribution >= 4 is 21.6 Å². The van der Waals surface area contributed by atoms with Gasteiger partial charge in [-0.15, -0.1) is 0 Å². The zero-order valence-electron chi connectivity index (χ0n) is 23.4. The summed E-state index contributed by atoms with van der Waals surface area (Å²) in [4.78, 5) is 15.6. The lowest BCUT2D eigenvalue weighted by molar-refractivity contribution is -0.130. The second-order valence-corrected chi connectivity index (χ2v) is 11.0. The number of carbonyl (C=O) groups excluding carboxylic acids is 1. The fourth-order valence-electron chi connectivity index (χ4n) is 4.36. The van der Waals surface area contributed by atoms with E-state index in [9.17, 15) is 13.2 Å². The largest absolute Gasteiger partial charge is 0.494 e. The van der Waals surface area contributed by atoms with E-state index in [1.807, 2.05) is 67.6 Å². The molecule has 4 aromatic rings. The van der Waals surface area contributed by atoms with Crippen LogP contribution in [0, 0.1) is 0 Å². The molecule has 1 amide bonds. The van der Waals surface area contributed by atoms with Crippen molar-refractivity contribution in [2.24, 2.45) is 0 Å². The summed E-state index contributed by atoms with van der Waals surface area (Å²) in [5, 5.41) is 0. The van der Waals surface area contributed by atoms with Crippen molar-refractivity contribution in [1.82, 2.24) is 4.90 Å². The van der Waals surface area contributed by atoms with E-state index in [0.29, 0.717) is 36.9 Å². The molecule has 0 unspecified atom stereocenters. The minimum Gasteiger partial charge on any atom is -0.494 e. The Labute approximate surface area is 241 Å². The molecule has 4 aromatic carbocycles. The van der Waals surface area contributed by atoms with Crippen LogP contribution in [0.15, 0.2) is 108 Å². The van der Waals surface area contributed by atoms with Gasteiger partial charge in [0.2, 0.25) is 5.91 Å². The van der Waals surface area contributed by atoms with Gasteiger partial charge in [-0.3, -0.25) is 9.10 Å². The predicted molar refractivity (Wildman–Crippen MR) is 159 cm³/mol. The number of methoxy groups -OCH3 is 2. The van der Waals surface area contributed by atoms with Crippen LogP contribution in [0.2, 0.25) is 0 Å². The maximum atomic E-state index is 14.1. The number of hydrogen-bond donors (Lipinski definition) is 0. The normalized spacial score (nSPS) is 11.0. The van der Waals surface area contributed by atoms with Gasteiger partial charge in [-0.25, -0.2) is 8.42 Å². The van der Waals surface area contributed by atoms with Gasteiger partial charge in [-0.05, 0) is 54.4 Å². The Morgan fingerprint density at radius 3 is 1.80 bits per heavy atom. The highest BCUT2D eigenvalue weighted by Gasteiger charge is 2.30. The highest BCUT2D eigenvalue weighted by Crippen LogP contribution is 2.33. The van der Waals surface area contributed by atoms with Crippen LogP contribution in [-0.4, -0.2) is 46.6 Å². The minimum atomic E-state index is -4.20. The van der Waals surface area contributed by atoms with Gasteiger partial charge in [-0.1, -0.05) is 60.7 Å². The molecule has 0 aromatic heterocycles. The van der Waals surface area contributed by atoms with Crippen LogP contribution in [0.5, 0.6) is 17.2 Å². The van der Waals surface area contributed by atoms with Crippen LogP contribution in [0.25, 0.3) is 0 Å². The standard InChI is InChI=1S/C32H34N2O6S/c1-4-40-28-17-15-27(16-18-28)34(41(36,37)29-19-20-30(38-2)31(21-29)39-3)24-32(35)33(22-25-11-7-5-8-12-25)23-26-13-9-6-10-14-26/h5-21H,4,22-24H2,1-3H3. The van der Waals surface area contributed by atoms with Crippen molar-refractivity contribution in [3.05, 3.63) is 114 Å². The number of amides is 1. The third-order valence-corrected chi connectivity index (χ3v) is 8.21. The number of benzene rings is 4. The lowest BCUT2D eigenvalue weighted by atomic mass is 10.1. The van der Waals surface area contributed by atoms with Gasteiger partial charge in [0.15, 0.2) is 11.5 Å². The fraction of sp³-hybridized carbons (Fsp3) is 0.219. The zero-order chi connectivity index (χ0) is 29.2. The van der Waals surface area contributed by atoms with Crippen molar-refractivity contribution in [2.45, 2.75) is 24.9 Å². The maximum Gasteiger partial charge on any atom is 0.264 e. The average Bonchev–Trinajstić information content (AvgIpc) is 3.00. The first-order valence-corrected chi connectivity index (χ1v) is 14.6. The molecule has 0 saturated carbocycles. The number of rotatable bonds is 13. The van der Waals surface area contributed by atoms with Gasteiger partial charge in [-0.2, -0.15) is 0 Å². The van der Waals surface area contributed by atoms with Gasteiger partial charge < -0.3 is 19.1 Å². The Morgan fingerprint density at radius 1 is 0.732 bits per heavy atom. The molecule has 0 fully saturated rings. The monoisotopic (exact) mass is 574 g/mol. The Morgan fingerprint density at radius 2 is 1.29 bits per heavy atom.